The highest BCUT2D eigenvalue weighted by Gasteiger charge is 2.17. The number of ether oxygens (including phenoxy) is 2. The number of anilines is 1. The van der Waals surface area contributed by atoms with Gasteiger partial charge in [0, 0.05) is 31.9 Å². The predicted molar refractivity (Wildman–Crippen MR) is 73.4 cm³/mol. The van der Waals surface area contributed by atoms with Gasteiger partial charge in [0.2, 0.25) is 5.95 Å². The molecule has 1 aromatic heterocycles. The Bertz CT molecular complexity index is 432. The van der Waals surface area contributed by atoms with E-state index in [0.717, 1.165) is 18.7 Å². The Balaban J connectivity index is 1.92. The first-order chi connectivity index (χ1) is 9.70. The highest BCUT2D eigenvalue weighted by molar-refractivity contribution is 5.75. The maximum absolute atomic E-state index is 11.5. The average molecular weight is 280 g/mol. The van der Waals surface area contributed by atoms with E-state index in [1.807, 2.05) is 0 Å². The van der Waals surface area contributed by atoms with Crippen LogP contribution in [0.5, 0.6) is 0 Å². The van der Waals surface area contributed by atoms with Crippen molar-refractivity contribution < 1.29 is 14.3 Å². The SMILES string of the molecule is CCOC(=O)C(N)Cc1cnc(N2CCOCC2)nc1. The maximum Gasteiger partial charge on any atom is 0.323 e. The predicted octanol–water partition coefficient (Wildman–Crippen LogP) is -0.254. The molecule has 7 nitrogen and oxygen atoms in total. The summed E-state index contributed by atoms with van der Waals surface area (Å²) in [4.78, 5) is 22.1. The van der Waals surface area contributed by atoms with Crippen molar-refractivity contribution in [3.8, 4) is 0 Å². The molecule has 0 amide bonds. The minimum absolute atomic E-state index is 0.332. The summed E-state index contributed by atoms with van der Waals surface area (Å²) >= 11 is 0. The van der Waals surface area contributed by atoms with Gasteiger partial charge >= 0.3 is 5.97 Å². The molecule has 2 N–H and O–H groups in total. The molecular weight excluding hydrogens is 260 g/mol. The second-order valence-electron chi connectivity index (χ2n) is 4.55. The number of morpholine rings is 1. The van der Waals surface area contributed by atoms with Gasteiger partial charge in [0.05, 0.1) is 19.8 Å². The van der Waals surface area contributed by atoms with Crippen molar-refractivity contribution in [3.05, 3.63) is 18.0 Å². The first-order valence-electron chi connectivity index (χ1n) is 6.76. The Morgan fingerprint density at radius 2 is 2.10 bits per heavy atom. The third kappa shape index (κ3) is 3.88. The summed E-state index contributed by atoms with van der Waals surface area (Å²) in [5.41, 5.74) is 6.58. The monoisotopic (exact) mass is 280 g/mol. The first kappa shape index (κ1) is 14.7. The van der Waals surface area contributed by atoms with Crippen LogP contribution in [0.4, 0.5) is 5.95 Å². The average Bonchev–Trinajstić information content (AvgIpc) is 2.49. The van der Waals surface area contributed by atoms with Crippen LogP contribution in [0, 0.1) is 0 Å². The molecule has 1 unspecified atom stereocenters. The van der Waals surface area contributed by atoms with Crippen LogP contribution < -0.4 is 10.6 Å². The van der Waals surface area contributed by atoms with Gasteiger partial charge in [-0.15, -0.1) is 0 Å². The van der Waals surface area contributed by atoms with Gasteiger partial charge in [-0.2, -0.15) is 0 Å². The van der Waals surface area contributed by atoms with Gasteiger partial charge in [0.15, 0.2) is 0 Å². The van der Waals surface area contributed by atoms with Crippen molar-refractivity contribution in [2.75, 3.05) is 37.8 Å². The quantitative estimate of drug-likeness (QED) is 0.743. The Morgan fingerprint density at radius 3 is 2.70 bits per heavy atom. The van der Waals surface area contributed by atoms with E-state index in [-0.39, 0.29) is 0 Å². The van der Waals surface area contributed by atoms with E-state index >= 15 is 0 Å². The fourth-order valence-electron chi connectivity index (χ4n) is 1.97. The summed E-state index contributed by atoms with van der Waals surface area (Å²) in [7, 11) is 0. The minimum Gasteiger partial charge on any atom is -0.465 e. The first-order valence-corrected chi connectivity index (χ1v) is 6.76. The van der Waals surface area contributed by atoms with E-state index < -0.39 is 12.0 Å². The lowest BCUT2D eigenvalue weighted by Gasteiger charge is -2.26. The molecule has 1 aliphatic rings. The van der Waals surface area contributed by atoms with Crippen LogP contribution in [0.2, 0.25) is 0 Å². The molecule has 2 heterocycles. The van der Waals surface area contributed by atoms with E-state index in [1.54, 1.807) is 19.3 Å². The standard InChI is InChI=1S/C13H20N4O3/c1-2-20-12(18)11(14)7-10-8-15-13(16-9-10)17-3-5-19-6-4-17/h8-9,11H,2-7,14H2,1H3. The maximum atomic E-state index is 11.5. The molecule has 110 valence electrons. The van der Waals surface area contributed by atoms with Gasteiger partial charge in [-0.25, -0.2) is 9.97 Å². The zero-order valence-corrected chi connectivity index (χ0v) is 11.6. The topological polar surface area (TPSA) is 90.6 Å². The molecular formula is C13H20N4O3. The van der Waals surface area contributed by atoms with Gasteiger partial charge in [0.1, 0.15) is 6.04 Å². The highest BCUT2D eigenvalue weighted by atomic mass is 16.5. The molecule has 1 aromatic rings. The summed E-state index contributed by atoms with van der Waals surface area (Å²) in [5.74, 6) is 0.284. The molecule has 0 aliphatic carbocycles. The van der Waals surface area contributed by atoms with Crippen LogP contribution in [0.3, 0.4) is 0 Å². The smallest absolute Gasteiger partial charge is 0.323 e. The van der Waals surface area contributed by atoms with Crippen LogP contribution in [0.1, 0.15) is 12.5 Å². The number of aromatic nitrogens is 2. The number of rotatable bonds is 5. The molecule has 1 atom stereocenters. The van der Waals surface area contributed by atoms with Crippen LogP contribution in [0.15, 0.2) is 12.4 Å². The Morgan fingerprint density at radius 1 is 1.45 bits per heavy atom. The fraction of sp³-hybridized carbons (Fsp3) is 0.615. The van der Waals surface area contributed by atoms with Crippen molar-refractivity contribution in [1.29, 1.82) is 0 Å². The van der Waals surface area contributed by atoms with E-state index in [1.165, 1.54) is 0 Å². The summed E-state index contributed by atoms with van der Waals surface area (Å²) in [6, 6.07) is -0.673. The molecule has 0 radical (unpaired) electrons. The lowest BCUT2D eigenvalue weighted by atomic mass is 10.1. The highest BCUT2D eigenvalue weighted by Crippen LogP contribution is 2.10. The number of nitrogens with zero attached hydrogens (tertiary/aromatic N) is 3. The summed E-state index contributed by atoms with van der Waals surface area (Å²) in [6.07, 6.45) is 3.79. The van der Waals surface area contributed by atoms with E-state index in [0.29, 0.717) is 32.2 Å². The Hall–Kier alpha value is -1.73. The number of hydrogen-bond donors (Lipinski definition) is 1. The third-order valence-electron chi connectivity index (χ3n) is 3.03. The van der Waals surface area contributed by atoms with Gasteiger partial charge in [-0.3, -0.25) is 4.79 Å². The van der Waals surface area contributed by atoms with Crippen LogP contribution in [0.25, 0.3) is 0 Å². The summed E-state index contributed by atoms with van der Waals surface area (Å²) < 4.78 is 10.1. The molecule has 2 rings (SSSR count). The van der Waals surface area contributed by atoms with Crippen molar-refractivity contribution >= 4 is 11.9 Å². The largest absolute Gasteiger partial charge is 0.465 e. The molecule has 1 saturated heterocycles. The molecule has 1 fully saturated rings. The van der Waals surface area contributed by atoms with Gasteiger partial charge < -0.3 is 20.1 Å². The molecule has 1 aliphatic heterocycles. The van der Waals surface area contributed by atoms with E-state index in [9.17, 15) is 4.79 Å². The minimum atomic E-state index is -0.673. The number of carbonyl (C=O) groups is 1. The van der Waals surface area contributed by atoms with Crippen molar-refractivity contribution in [2.45, 2.75) is 19.4 Å². The number of hydrogen-bond acceptors (Lipinski definition) is 7. The van der Waals surface area contributed by atoms with Crippen molar-refractivity contribution in [1.82, 2.24) is 9.97 Å². The fourth-order valence-corrected chi connectivity index (χ4v) is 1.97. The third-order valence-corrected chi connectivity index (χ3v) is 3.03. The van der Waals surface area contributed by atoms with Gasteiger partial charge in [0.25, 0.3) is 0 Å². The summed E-state index contributed by atoms with van der Waals surface area (Å²) in [6.45, 7) is 5.06. The van der Waals surface area contributed by atoms with Crippen molar-refractivity contribution in [2.24, 2.45) is 5.73 Å². The Labute approximate surface area is 118 Å². The second kappa shape index (κ2) is 7.16. The lowest BCUT2D eigenvalue weighted by Crippen LogP contribution is -2.37. The van der Waals surface area contributed by atoms with E-state index in [2.05, 4.69) is 14.9 Å². The lowest BCUT2D eigenvalue weighted by molar-refractivity contribution is -0.144. The van der Waals surface area contributed by atoms with Gasteiger partial charge in [-0.1, -0.05) is 0 Å². The van der Waals surface area contributed by atoms with Gasteiger partial charge in [-0.05, 0) is 12.5 Å². The Kier molecular flexibility index (Phi) is 5.25. The molecule has 7 heteroatoms. The summed E-state index contributed by atoms with van der Waals surface area (Å²) in [5, 5.41) is 0. The molecule has 20 heavy (non-hydrogen) atoms. The molecule has 0 spiro atoms. The number of nitrogens with two attached hydrogens (primary N) is 1. The van der Waals surface area contributed by atoms with Crippen LogP contribution in [-0.2, 0) is 20.7 Å². The van der Waals surface area contributed by atoms with Crippen molar-refractivity contribution in [3.63, 3.8) is 0 Å². The molecule has 0 aromatic carbocycles. The normalized spacial score (nSPS) is 16.8. The number of esters is 1. The molecule has 0 saturated carbocycles. The molecule has 0 bridgehead atoms. The number of carbonyl (C=O) groups excluding carboxylic acids is 1. The van der Waals surface area contributed by atoms with E-state index in [4.69, 9.17) is 15.2 Å². The second-order valence-corrected chi connectivity index (χ2v) is 4.55. The zero-order chi connectivity index (χ0) is 14.4. The van der Waals surface area contributed by atoms with Crippen LogP contribution >= 0.6 is 0 Å². The van der Waals surface area contributed by atoms with Crippen LogP contribution in [-0.4, -0.2) is 54.9 Å². The zero-order valence-electron chi connectivity index (χ0n) is 11.6.